The van der Waals surface area contributed by atoms with Gasteiger partial charge in [0.2, 0.25) is 0 Å². The van der Waals surface area contributed by atoms with Crippen LogP contribution in [0.5, 0.6) is 0 Å². The molecule has 0 radical (unpaired) electrons. The van der Waals surface area contributed by atoms with Gasteiger partial charge in [-0.1, -0.05) is 0 Å². The predicted molar refractivity (Wildman–Crippen MR) is 101 cm³/mol. The maximum absolute atomic E-state index is 11.8. The van der Waals surface area contributed by atoms with Crippen LogP contribution in [0.15, 0.2) is 36.1 Å². The first-order valence-corrected chi connectivity index (χ1v) is 9.18. The molecule has 1 atom stereocenters. The van der Waals surface area contributed by atoms with Crippen LogP contribution in [0, 0.1) is 0 Å². The smallest absolute Gasteiger partial charge is 0.250 e. The molecule has 0 bridgehead atoms. The lowest BCUT2D eigenvalue weighted by molar-refractivity contribution is 0.100. The number of amides is 1. The number of nitrogens with zero attached hydrogens (tertiary/aromatic N) is 2. The molecule has 4 N–H and O–H groups in total. The standard InChI is InChI=1S/C18H19N5OS/c19-18(24)15-5-11(4-12-7-21-10-22-17(12)15)16-6-14(9-25-16)23-13-2-1-3-20-8-13/h4-7,9-10,13,20,23H,1-3,8H2,(H2,19,24). The van der Waals surface area contributed by atoms with E-state index in [1.165, 1.54) is 19.2 Å². The molecule has 7 heteroatoms. The van der Waals surface area contributed by atoms with Gasteiger partial charge in [-0.05, 0) is 43.1 Å². The van der Waals surface area contributed by atoms with E-state index in [-0.39, 0.29) is 0 Å². The van der Waals surface area contributed by atoms with Crippen LogP contribution in [0.1, 0.15) is 23.2 Å². The van der Waals surface area contributed by atoms with Gasteiger partial charge in [0.25, 0.3) is 5.91 Å². The van der Waals surface area contributed by atoms with Crippen molar-refractivity contribution in [3.63, 3.8) is 0 Å². The largest absolute Gasteiger partial charge is 0.380 e. The lowest BCUT2D eigenvalue weighted by Crippen LogP contribution is -2.38. The number of anilines is 1. The summed E-state index contributed by atoms with van der Waals surface area (Å²) in [7, 11) is 0. The van der Waals surface area contributed by atoms with Crippen molar-refractivity contribution in [3.05, 3.63) is 41.7 Å². The number of benzene rings is 1. The van der Waals surface area contributed by atoms with E-state index >= 15 is 0 Å². The molecule has 128 valence electrons. The Kier molecular flexibility index (Phi) is 4.33. The zero-order valence-electron chi connectivity index (χ0n) is 13.7. The van der Waals surface area contributed by atoms with Crippen LogP contribution in [0.2, 0.25) is 0 Å². The Hall–Kier alpha value is -2.51. The molecule has 0 spiro atoms. The Morgan fingerprint density at radius 1 is 1.36 bits per heavy atom. The summed E-state index contributed by atoms with van der Waals surface area (Å²) in [6, 6.07) is 6.40. The van der Waals surface area contributed by atoms with Crippen molar-refractivity contribution in [2.75, 3.05) is 18.4 Å². The number of fused-ring (bicyclic) bond motifs is 1. The number of piperidine rings is 1. The number of primary amides is 1. The van der Waals surface area contributed by atoms with E-state index in [4.69, 9.17) is 5.73 Å². The molecule has 1 amide bonds. The van der Waals surface area contributed by atoms with Gasteiger partial charge in [0.15, 0.2) is 0 Å². The molecule has 4 rings (SSSR count). The van der Waals surface area contributed by atoms with Crippen LogP contribution in [0.4, 0.5) is 5.69 Å². The summed E-state index contributed by atoms with van der Waals surface area (Å²) in [4.78, 5) is 21.1. The average molecular weight is 353 g/mol. The van der Waals surface area contributed by atoms with Crippen LogP contribution in [0.25, 0.3) is 21.3 Å². The number of thiophene rings is 1. The summed E-state index contributed by atoms with van der Waals surface area (Å²) in [6.07, 6.45) is 5.51. The molecule has 25 heavy (non-hydrogen) atoms. The highest BCUT2D eigenvalue weighted by atomic mass is 32.1. The quantitative estimate of drug-likeness (QED) is 0.670. The number of aromatic nitrogens is 2. The van der Waals surface area contributed by atoms with Gasteiger partial charge in [0.1, 0.15) is 6.33 Å². The van der Waals surface area contributed by atoms with E-state index in [0.717, 1.165) is 34.6 Å². The highest BCUT2D eigenvalue weighted by molar-refractivity contribution is 7.14. The maximum atomic E-state index is 11.8. The van der Waals surface area contributed by atoms with Crippen LogP contribution in [-0.4, -0.2) is 35.0 Å². The molecule has 1 aliphatic rings. The fourth-order valence-electron chi connectivity index (χ4n) is 3.21. The molecule has 0 aliphatic carbocycles. The molecule has 1 aliphatic heterocycles. The topological polar surface area (TPSA) is 92.9 Å². The van der Waals surface area contributed by atoms with Crippen molar-refractivity contribution in [1.82, 2.24) is 15.3 Å². The fraction of sp³-hybridized carbons (Fsp3) is 0.278. The van der Waals surface area contributed by atoms with Crippen LogP contribution in [-0.2, 0) is 0 Å². The van der Waals surface area contributed by atoms with Gasteiger partial charge in [-0.2, -0.15) is 0 Å². The molecule has 3 aromatic rings. The van der Waals surface area contributed by atoms with Gasteiger partial charge >= 0.3 is 0 Å². The lowest BCUT2D eigenvalue weighted by atomic mass is 10.0. The van der Waals surface area contributed by atoms with Crippen molar-refractivity contribution in [1.29, 1.82) is 0 Å². The molecule has 0 saturated carbocycles. The number of rotatable bonds is 4. The van der Waals surface area contributed by atoms with Crippen molar-refractivity contribution in [2.45, 2.75) is 18.9 Å². The van der Waals surface area contributed by atoms with E-state index in [1.807, 2.05) is 12.1 Å². The van der Waals surface area contributed by atoms with E-state index < -0.39 is 5.91 Å². The summed E-state index contributed by atoms with van der Waals surface area (Å²) in [6.45, 7) is 2.09. The number of carbonyl (C=O) groups is 1. The molecular weight excluding hydrogens is 334 g/mol. The maximum Gasteiger partial charge on any atom is 0.250 e. The SMILES string of the molecule is NC(=O)c1cc(-c2cc(NC3CCCNC3)cs2)cc2cncnc12. The number of carbonyl (C=O) groups excluding carboxylic acids is 1. The van der Waals surface area contributed by atoms with Crippen LogP contribution in [0.3, 0.4) is 0 Å². The van der Waals surface area contributed by atoms with Gasteiger partial charge < -0.3 is 16.4 Å². The van der Waals surface area contributed by atoms with Crippen molar-refractivity contribution in [3.8, 4) is 10.4 Å². The molecule has 1 aromatic carbocycles. The predicted octanol–water partition coefficient (Wildman–Crippen LogP) is 2.62. The van der Waals surface area contributed by atoms with Gasteiger partial charge in [0.05, 0.1) is 11.1 Å². The Labute approximate surface area is 149 Å². The van der Waals surface area contributed by atoms with Gasteiger partial charge in [0, 0.05) is 40.1 Å². The van der Waals surface area contributed by atoms with Crippen molar-refractivity contribution in [2.24, 2.45) is 5.73 Å². The second-order valence-corrected chi connectivity index (χ2v) is 7.15. The van der Waals surface area contributed by atoms with E-state index in [9.17, 15) is 4.79 Å². The second-order valence-electron chi connectivity index (χ2n) is 6.24. The third kappa shape index (κ3) is 3.33. The lowest BCUT2D eigenvalue weighted by Gasteiger charge is -2.24. The summed E-state index contributed by atoms with van der Waals surface area (Å²) in [5.41, 5.74) is 8.62. The zero-order valence-corrected chi connectivity index (χ0v) is 14.5. The number of nitrogens with two attached hydrogens (primary N) is 1. The minimum Gasteiger partial charge on any atom is -0.380 e. The number of nitrogens with one attached hydrogen (secondary N) is 2. The van der Waals surface area contributed by atoms with Crippen molar-refractivity contribution >= 4 is 33.8 Å². The van der Waals surface area contributed by atoms with Crippen molar-refractivity contribution < 1.29 is 4.79 Å². The van der Waals surface area contributed by atoms with Gasteiger partial charge in [-0.3, -0.25) is 4.79 Å². The normalized spacial score (nSPS) is 17.5. The molecule has 1 unspecified atom stereocenters. The molecule has 1 fully saturated rings. The third-order valence-electron chi connectivity index (χ3n) is 4.42. The minimum absolute atomic E-state index is 0.425. The third-order valence-corrected chi connectivity index (χ3v) is 5.40. The Bertz CT molecular complexity index is 917. The monoisotopic (exact) mass is 353 g/mol. The summed E-state index contributed by atoms with van der Waals surface area (Å²) >= 11 is 1.64. The Morgan fingerprint density at radius 2 is 2.28 bits per heavy atom. The molecule has 3 heterocycles. The summed E-state index contributed by atoms with van der Waals surface area (Å²) in [5.74, 6) is -0.478. The second kappa shape index (κ2) is 6.78. The fourth-order valence-corrected chi connectivity index (χ4v) is 4.05. The number of hydrogen-bond donors (Lipinski definition) is 3. The molecule has 1 saturated heterocycles. The molecular formula is C18H19N5OS. The summed E-state index contributed by atoms with van der Waals surface area (Å²) in [5, 5.41) is 9.91. The average Bonchev–Trinajstić information content (AvgIpc) is 3.10. The summed E-state index contributed by atoms with van der Waals surface area (Å²) < 4.78 is 0. The van der Waals surface area contributed by atoms with E-state index in [2.05, 4.69) is 32.0 Å². The first kappa shape index (κ1) is 16.0. The molecule has 2 aromatic heterocycles. The van der Waals surface area contributed by atoms with Crippen LogP contribution >= 0.6 is 11.3 Å². The molecule has 6 nitrogen and oxygen atoms in total. The Balaban J connectivity index is 1.66. The first-order chi connectivity index (χ1) is 12.2. The van der Waals surface area contributed by atoms with E-state index in [1.54, 1.807) is 17.5 Å². The Morgan fingerprint density at radius 3 is 3.08 bits per heavy atom. The van der Waals surface area contributed by atoms with Gasteiger partial charge in [-0.25, -0.2) is 9.97 Å². The first-order valence-electron chi connectivity index (χ1n) is 8.30. The van der Waals surface area contributed by atoms with Crippen LogP contribution < -0.4 is 16.4 Å². The van der Waals surface area contributed by atoms with E-state index in [0.29, 0.717) is 17.1 Å². The number of hydrogen-bond acceptors (Lipinski definition) is 6. The highest BCUT2D eigenvalue weighted by Crippen LogP contribution is 2.33. The zero-order chi connectivity index (χ0) is 17.2. The highest BCUT2D eigenvalue weighted by Gasteiger charge is 2.15. The minimum atomic E-state index is -0.478. The van der Waals surface area contributed by atoms with Gasteiger partial charge in [-0.15, -0.1) is 11.3 Å².